The maximum atomic E-state index is 11.9. The standard InChI is InChI=1S/C16H21N3O3/c1-11(2)8-13(10-20)17-16(21)18-15-9-14(22-19-15)12-6-4-3-5-7-12/h3-7,9,11,13,20H,8,10H2,1-2H3,(H2,17,18,19,21). The summed E-state index contributed by atoms with van der Waals surface area (Å²) in [6, 6.07) is 10.5. The zero-order valence-electron chi connectivity index (χ0n) is 12.7. The molecule has 1 aromatic heterocycles. The van der Waals surface area contributed by atoms with Gasteiger partial charge in [0.2, 0.25) is 0 Å². The second-order valence-electron chi connectivity index (χ2n) is 5.55. The fourth-order valence-corrected chi connectivity index (χ4v) is 2.16. The van der Waals surface area contributed by atoms with Crippen molar-refractivity contribution in [3.05, 3.63) is 36.4 Å². The number of aromatic nitrogens is 1. The van der Waals surface area contributed by atoms with Gasteiger partial charge in [-0.1, -0.05) is 49.3 Å². The van der Waals surface area contributed by atoms with E-state index in [0.29, 0.717) is 23.9 Å². The molecule has 3 N–H and O–H groups in total. The van der Waals surface area contributed by atoms with Crippen molar-refractivity contribution < 1.29 is 14.4 Å². The molecule has 0 aliphatic rings. The molecule has 0 bridgehead atoms. The lowest BCUT2D eigenvalue weighted by Gasteiger charge is -2.17. The van der Waals surface area contributed by atoms with Gasteiger partial charge in [0.05, 0.1) is 12.6 Å². The second-order valence-corrected chi connectivity index (χ2v) is 5.55. The van der Waals surface area contributed by atoms with Crippen molar-refractivity contribution >= 4 is 11.8 Å². The number of nitrogens with zero attached hydrogens (tertiary/aromatic N) is 1. The minimum absolute atomic E-state index is 0.0975. The Hall–Kier alpha value is -2.34. The summed E-state index contributed by atoms with van der Waals surface area (Å²) in [7, 11) is 0. The third-order valence-corrected chi connectivity index (χ3v) is 3.12. The highest BCUT2D eigenvalue weighted by Crippen LogP contribution is 2.21. The van der Waals surface area contributed by atoms with E-state index in [4.69, 9.17) is 4.52 Å². The summed E-state index contributed by atoms with van der Waals surface area (Å²) in [4.78, 5) is 11.9. The number of aliphatic hydroxyl groups is 1. The summed E-state index contributed by atoms with van der Waals surface area (Å²) < 4.78 is 5.21. The van der Waals surface area contributed by atoms with Gasteiger partial charge in [0.25, 0.3) is 0 Å². The Morgan fingerprint density at radius 1 is 1.32 bits per heavy atom. The van der Waals surface area contributed by atoms with Crippen LogP contribution >= 0.6 is 0 Å². The Kier molecular flexibility index (Phi) is 5.55. The van der Waals surface area contributed by atoms with Crippen LogP contribution in [-0.2, 0) is 0 Å². The normalized spacial score (nSPS) is 12.2. The van der Waals surface area contributed by atoms with Gasteiger partial charge in [-0.15, -0.1) is 0 Å². The number of carbonyl (C=O) groups is 1. The summed E-state index contributed by atoms with van der Waals surface area (Å²) in [5, 5.41) is 18.4. The van der Waals surface area contributed by atoms with Gasteiger partial charge in [-0.05, 0) is 12.3 Å². The van der Waals surface area contributed by atoms with Crippen LogP contribution in [-0.4, -0.2) is 28.9 Å². The Morgan fingerprint density at radius 2 is 2.05 bits per heavy atom. The highest BCUT2D eigenvalue weighted by atomic mass is 16.5. The van der Waals surface area contributed by atoms with Crippen molar-refractivity contribution in [3.8, 4) is 11.3 Å². The van der Waals surface area contributed by atoms with Crippen molar-refractivity contribution in [2.24, 2.45) is 5.92 Å². The SMILES string of the molecule is CC(C)CC(CO)NC(=O)Nc1cc(-c2ccccc2)on1. The van der Waals surface area contributed by atoms with E-state index < -0.39 is 6.03 Å². The summed E-state index contributed by atoms with van der Waals surface area (Å²) in [6.45, 7) is 3.97. The number of nitrogens with one attached hydrogen (secondary N) is 2. The fourth-order valence-electron chi connectivity index (χ4n) is 2.16. The lowest BCUT2D eigenvalue weighted by atomic mass is 10.0. The molecule has 0 radical (unpaired) electrons. The van der Waals surface area contributed by atoms with E-state index in [1.54, 1.807) is 6.07 Å². The Balaban J connectivity index is 1.94. The van der Waals surface area contributed by atoms with Crippen LogP contribution in [0.2, 0.25) is 0 Å². The molecule has 1 atom stereocenters. The summed E-state index contributed by atoms with van der Waals surface area (Å²) in [5.41, 5.74) is 0.886. The van der Waals surface area contributed by atoms with Crippen LogP contribution in [0, 0.1) is 5.92 Å². The number of hydrogen-bond acceptors (Lipinski definition) is 4. The molecular formula is C16H21N3O3. The number of anilines is 1. The zero-order chi connectivity index (χ0) is 15.9. The van der Waals surface area contributed by atoms with Gasteiger partial charge in [0, 0.05) is 11.6 Å². The molecule has 118 valence electrons. The first-order chi connectivity index (χ1) is 10.6. The number of amides is 2. The maximum absolute atomic E-state index is 11.9. The highest BCUT2D eigenvalue weighted by molar-refractivity contribution is 5.88. The molecule has 0 saturated heterocycles. The number of urea groups is 1. The van der Waals surface area contributed by atoms with Gasteiger partial charge < -0.3 is 14.9 Å². The molecule has 0 aliphatic heterocycles. The minimum atomic E-state index is -0.410. The van der Waals surface area contributed by atoms with Gasteiger partial charge in [-0.2, -0.15) is 0 Å². The molecule has 1 aromatic carbocycles. The number of rotatable bonds is 6. The smallest absolute Gasteiger partial charge is 0.320 e. The van der Waals surface area contributed by atoms with Crippen molar-refractivity contribution in [2.75, 3.05) is 11.9 Å². The molecule has 2 aromatic rings. The third-order valence-electron chi connectivity index (χ3n) is 3.12. The van der Waals surface area contributed by atoms with Crippen molar-refractivity contribution in [3.63, 3.8) is 0 Å². The monoisotopic (exact) mass is 303 g/mol. The lowest BCUT2D eigenvalue weighted by Crippen LogP contribution is -2.41. The predicted octanol–water partition coefficient (Wildman–Crippen LogP) is 2.87. The van der Waals surface area contributed by atoms with E-state index in [-0.39, 0.29) is 12.6 Å². The van der Waals surface area contributed by atoms with Gasteiger partial charge in [0.15, 0.2) is 11.6 Å². The van der Waals surface area contributed by atoms with Crippen LogP contribution in [0.5, 0.6) is 0 Å². The molecule has 2 amide bonds. The highest BCUT2D eigenvalue weighted by Gasteiger charge is 2.14. The number of benzene rings is 1. The number of aliphatic hydroxyl groups excluding tert-OH is 1. The largest absolute Gasteiger partial charge is 0.394 e. The molecule has 0 fully saturated rings. The molecule has 22 heavy (non-hydrogen) atoms. The van der Waals surface area contributed by atoms with E-state index in [1.165, 1.54) is 0 Å². The van der Waals surface area contributed by atoms with Crippen molar-refractivity contribution in [2.45, 2.75) is 26.3 Å². The number of carbonyl (C=O) groups excluding carboxylic acids is 1. The van der Waals surface area contributed by atoms with Crippen molar-refractivity contribution in [1.29, 1.82) is 0 Å². The second kappa shape index (κ2) is 7.61. The zero-order valence-corrected chi connectivity index (χ0v) is 12.7. The first-order valence-electron chi connectivity index (χ1n) is 7.29. The summed E-state index contributed by atoms with van der Waals surface area (Å²) >= 11 is 0. The van der Waals surface area contributed by atoms with Crippen LogP contribution in [0.3, 0.4) is 0 Å². The van der Waals surface area contributed by atoms with Gasteiger partial charge in [-0.3, -0.25) is 5.32 Å². The van der Waals surface area contributed by atoms with Gasteiger partial charge >= 0.3 is 6.03 Å². The molecule has 1 heterocycles. The average Bonchev–Trinajstić information content (AvgIpc) is 2.95. The molecule has 1 unspecified atom stereocenters. The molecule has 0 spiro atoms. The van der Waals surface area contributed by atoms with E-state index in [0.717, 1.165) is 5.56 Å². The van der Waals surface area contributed by atoms with Crippen LogP contribution < -0.4 is 10.6 Å². The van der Waals surface area contributed by atoms with Crippen LogP contribution in [0.4, 0.5) is 10.6 Å². The maximum Gasteiger partial charge on any atom is 0.320 e. The van der Waals surface area contributed by atoms with Gasteiger partial charge in [-0.25, -0.2) is 4.79 Å². The molecule has 6 nitrogen and oxygen atoms in total. The Bertz CT molecular complexity index is 596. The fraction of sp³-hybridized carbons (Fsp3) is 0.375. The third kappa shape index (κ3) is 4.60. The molecule has 2 rings (SSSR count). The van der Waals surface area contributed by atoms with Crippen molar-refractivity contribution in [1.82, 2.24) is 10.5 Å². The molecular weight excluding hydrogens is 282 g/mol. The van der Waals surface area contributed by atoms with Crippen LogP contribution in [0.1, 0.15) is 20.3 Å². The summed E-state index contributed by atoms with van der Waals surface area (Å²) in [6.07, 6.45) is 0.706. The first kappa shape index (κ1) is 16.0. The quantitative estimate of drug-likeness (QED) is 0.765. The van der Waals surface area contributed by atoms with Crippen LogP contribution in [0.25, 0.3) is 11.3 Å². The van der Waals surface area contributed by atoms with E-state index in [9.17, 15) is 9.90 Å². The Morgan fingerprint density at radius 3 is 2.68 bits per heavy atom. The van der Waals surface area contributed by atoms with Crippen LogP contribution in [0.15, 0.2) is 40.9 Å². The van der Waals surface area contributed by atoms with E-state index in [2.05, 4.69) is 15.8 Å². The van der Waals surface area contributed by atoms with E-state index in [1.807, 2.05) is 44.2 Å². The lowest BCUT2D eigenvalue weighted by molar-refractivity contribution is 0.214. The summed E-state index contributed by atoms with van der Waals surface area (Å²) in [5.74, 6) is 1.29. The minimum Gasteiger partial charge on any atom is -0.394 e. The average molecular weight is 303 g/mol. The first-order valence-corrected chi connectivity index (χ1v) is 7.29. The predicted molar refractivity (Wildman–Crippen MR) is 84.4 cm³/mol. The van der Waals surface area contributed by atoms with E-state index >= 15 is 0 Å². The molecule has 0 aliphatic carbocycles. The molecule has 6 heteroatoms. The van der Waals surface area contributed by atoms with Gasteiger partial charge in [0.1, 0.15) is 0 Å². The Labute approximate surface area is 129 Å². The molecule has 0 saturated carbocycles. The number of hydrogen-bond donors (Lipinski definition) is 3. The topological polar surface area (TPSA) is 87.4 Å².